The number of rotatable bonds is 5. The van der Waals surface area contributed by atoms with Gasteiger partial charge in [-0.2, -0.15) is 0 Å². The standard InChI is InChI=1S/C19H29N3O2/c1-12(2)16-7-5-6-13(3)17(16)21-19(24)14(4)22-10-8-15(9-11-22)18(20)23/h5-7,12,14-15H,8-11H2,1-4H3,(H2,20,23)(H,21,24)/p+1/t14-/m0/s1. The molecule has 0 bridgehead atoms. The molecule has 0 radical (unpaired) electrons. The lowest BCUT2D eigenvalue weighted by Crippen LogP contribution is -3.17. The maximum absolute atomic E-state index is 12.7. The summed E-state index contributed by atoms with van der Waals surface area (Å²) in [6.07, 6.45) is 1.54. The van der Waals surface area contributed by atoms with Crippen molar-refractivity contribution in [3.05, 3.63) is 29.3 Å². The minimum atomic E-state index is -0.215. The lowest BCUT2D eigenvalue weighted by Gasteiger charge is -2.31. The van der Waals surface area contributed by atoms with E-state index in [1.54, 1.807) is 0 Å². The van der Waals surface area contributed by atoms with Gasteiger partial charge in [-0.05, 0) is 30.9 Å². The van der Waals surface area contributed by atoms with Crippen molar-refractivity contribution < 1.29 is 14.5 Å². The molecule has 0 spiro atoms. The Morgan fingerprint density at radius 3 is 2.38 bits per heavy atom. The van der Waals surface area contributed by atoms with E-state index in [0.717, 1.165) is 42.7 Å². The maximum atomic E-state index is 12.7. The molecule has 1 saturated heterocycles. The second-order valence-electron chi connectivity index (χ2n) is 7.24. The minimum absolute atomic E-state index is 0.0343. The third-order valence-electron chi connectivity index (χ3n) is 5.21. The highest BCUT2D eigenvalue weighted by Gasteiger charge is 2.32. The number of para-hydroxylation sites is 1. The van der Waals surface area contributed by atoms with Crippen LogP contribution in [-0.4, -0.2) is 30.9 Å². The van der Waals surface area contributed by atoms with Crippen molar-refractivity contribution in [1.29, 1.82) is 0 Å². The number of anilines is 1. The highest BCUT2D eigenvalue weighted by Crippen LogP contribution is 2.27. The third-order valence-corrected chi connectivity index (χ3v) is 5.21. The fourth-order valence-electron chi connectivity index (χ4n) is 3.47. The van der Waals surface area contributed by atoms with Crippen LogP contribution in [0.25, 0.3) is 0 Å². The minimum Gasteiger partial charge on any atom is -0.369 e. The zero-order valence-corrected chi connectivity index (χ0v) is 15.2. The van der Waals surface area contributed by atoms with Gasteiger partial charge in [-0.3, -0.25) is 9.59 Å². The van der Waals surface area contributed by atoms with E-state index >= 15 is 0 Å². The van der Waals surface area contributed by atoms with Gasteiger partial charge in [0, 0.05) is 24.4 Å². The van der Waals surface area contributed by atoms with Crippen LogP contribution in [0.1, 0.15) is 50.7 Å². The summed E-state index contributed by atoms with van der Waals surface area (Å²) in [5.74, 6) is 0.147. The van der Waals surface area contributed by atoms with Gasteiger partial charge < -0.3 is 16.0 Å². The topological polar surface area (TPSA) is 76.6 Å². The van der Waals surface area contributed by atoms with Gasteiger partial charge in [-0.1, -0.05) is 32.0 Å². The largest absolute Gasteiger partial charge is 0.369 e. The number of likely N-dealkylation sites (tertiary alicyclic amines) is 1. The monoisotopic (exact) mass is 332 g/mol. The lowest BCUT2D eigenvalue weighted by molar-refractivity contribution is -0.919. The Hall–Kier alpha value is -1.88. The van der Waals surface area contributed by atoms with Crippen molar-refractivity contribution in [3.8, 4) is 0 Å². The molecule has 1 fully saturated rings. The number of carbonyl (C=O) groups is 2. The molecule has 5 nitrogen and oxygen atoms in total. The highest BCUT2D eigenvalue weighted by atomic mass is 16.2. The van der Waals surface area contributed by atoms with Crippen LogP contribution in [-0.2, 0) is 9.59 Å². The molecular weight excluding hydrogens is 302 g/mol. The normalized spacial score (nSPS) is 22.2. The molecule has 1 aromatic carbocycles. The number of carbonyl (C=O) groups excluding carboxylic acids is 2. The van der Waals surface area contributed by atoms with Crippen molar-refractivity contribution in [2.45, 2.75) is 52.5 Å². The smallest absolute Gasteiger partial charge is 0.282 e. The van der Waals surface area contributed by atoms with Gasteiger partial charge in [-0.25, -0.2) is 0 Å². The van der Waals surface area contributed by atoms with Gasteiger partial charge in [0.1, 0.15) is 0 Å². The van der Waals surface area contributed by atoms with E-state index in [1.807, 2.05) is 26.0 Å². The summed E-state index contributed by atoms with van der Waals surface area (Å²) in [4.78, 5) is 25.2. The predicted molar refractivity (Wildman–Crippen MR) is 96.0 cm³/mol. The second kappa shape index (κ2) is 7.79. The maximum Gasteiger partial charge on any atom is 0.282 e. The SMILES string of the molecule is Cc1cccc(C(C)C)c1NC(=O)[C@H](C)[NH+]1CCC(C(N)=O)CC1. The van der Waals surface area contributed by atoms with E-state index in [1.165, 1.54) is 4.90 Å². The number of benzene rings is 1. The number of quaternary nitrogens is 1. The summed E-state index contributed by atoms with van der Waals surface area (Å²) in [6.45, 7) is 9.88. The average molecular weight is 332 g/mol. The van der Waals surface area contributed by atoms with E-state index in [0.29, 0.717) is 5.92 Å². The Kier molecular flexibility index (Phi) is 5.99. The van der Waals surface area contributed by atoms with Gasteiger partial charge in [0.2, 0.25) is 5.91 Å². The van der Waals surface area contributed by atoms with Gasteiger partial charge in [-0.15, -0.1) is 0 Å². The zero-order chi connectivity index (χ0) is 17.9. The number of hydrogen-bond donors (Lipinski definition) is 3. The average Bonchev–Trinajstić information content (AvgIpc) is 2.55. The molecular formula is C19H30N3O2+. The Morgan fingerprint density at radius 1 is 1.21 bits per heavy atom. The Balaban J connectivity index is 2.04. The molecule has 0 aromatic heterocycles. The second-order valence-corrected chi connectivity index (χ2v) is 7.24. The Bertz CT molecular complexity index is 605. The van der Waals surface area contributed by atoms with Crippen LogP contribution in [0, 0.1) is 12.8 Å². The molecule has 0 aliphatic carbocycles. The molecule has 1 atom stereocenters. The molecule has 0 unspecified atom stereocenters. The first-order valence-electron chi connectivity index (χ1n) is 8.85. The molecule has 132 valence electrons. The fourth-order valence-corrected chi connectivity index (χ4v) is 3.47. The van der Waals surface area contributed by atoms with Crippen molar-refractivity contribution >= 4 is 17.5 Å². The van der Waals surface area contributed by atoms with Crippen molar-refractivity contribution in [2.75, 3.05) is 18.4 Å². The Labute approximate surface area is 144 Å². The number of nitrogens with one attached hydrogen (secondary N) is 2. The molecule has 1 heterocycles. The van der Waals surface area contributed by atoms with Gasteiger partial charge in [0.05, 0.1) is 13.1 Å². The van der Waals surface area contributed by atoms with E-state index in [-0.39, 0.29) is 23.8 Å². The number of hydrogen-bond acceptors (Lipinski definition) is 2. The van der Waals surface area contributed by atoms with Crippen molar-refractivity contribution in [3.63, 3.8) is 0 Å². The van der Waals surface area contributed by atoms with Gasteiger partial charge >= 0.3 is 0 Å². The molecule has 1 aliphatic rings. The molecule has 0 saturated carbocycles. The van der Waals surface area contributed by atoms with Crippen LogP contribution in [0.4, 0.5) is 5.69 Å². The molecule has 1 aliphatic heterocycles. The Morgan fingerprint density at radius 2 is 1.83 bits per heavy atom. The number of nitrogens with two attached hydrogens (primary N) is 1. The highest BCUT2D eigenvalue weighted by molar-refractivity contribution is 5.95. The lowest BCUT2D eigenvalue weighted by atomic mass is 9.95. The van der Waals surface area contributed by atoms with E-state index in [2.05, 4.69) is 25.2 Å². The summed E-state index contributed by atoms with van der Waals surface area (Å²) in [6, 6.07) is 5.99. The number of amides is 2. The molecule has 4 N–H and O–H groups in total. The third kappa shape index (κ3) is 4.15. The predicted octanol–water partition coefficient (Wildman–Crippen LogP) is 1.23. The van der Waals surface area contributed by atoms with Crippen molar-refractivity contribution in [2.24, 2.45) is 11.7 Å². The summed E-state index contributed by atoms with van der Waals surface area (Å²) < 4.78 is 0. The van der Waals surface area contributed by atoms with Crippen LogP contribution in [0.3, 0.4) is 0 Å². The fraction of sp³-hybridized carbons (Fsp3) is 0.579. The summed E-state index contributed by atoms with van der Waals surface area (Å²) >= 11 is 0. The first kappa shape index (κ1) is 18.5. The van der Waals surface area contributed by atoms with Crippen LogP contribution in [0.5, 0.6) is 0 Å². The first-order chi connectivity index (χ1) is 11.3. The van der Waals surface area contributed by atoms with E-state index < -0.39 is 0 Å². The number of aryl methyl sites for hydroxylation is 1. The molecule has 1 aromatic rings. The quantitative estimate of drug-likeness (QED) is 0.758. The number of piperidine rings is 1. The molecule has 2 amide bonds. The molecule has 2 rings (SSSR count). The van der Waals surface area contributed by atoms with Gasteiger partial charge in [0.15, 0.2) is 6.04 Å². The van der Waals surface area contributed by atoms with Crippen LogP contribution in [0.2, 0.25) is 0 Å². The van der Waals surface area contributed by atoms with Crippen molar-refractivity contribution in [1.82, 2.24) is 0 Å². The summed E-state index contributed by atoms with van der Waals surface area (Å²) in [5, 5.41) is 3.14. The van der Waals surface area contributed by atoms with Crippen LogP contribution in [0.15, 0.2) is 18.2 Å². The van der Waals surface area contributed by atoms with Crippen LogP contribution >= 0.6 is 0 Å². The first-order valence-corrected chi connectivity index (χ1v) is 8.85. The van der Waals surface area contributed by atoms with E-state index in [4.69, 9.17) is 5.73 Å². The zero-order valence-electron chi connectivity index (χ0n) is 15.2. The number of primary amides is 1. The summed E-state index contributed by atoms with van der Waals surface area (Å²) in [5.41, 5.74) is 8.58. The molecule has 24 heavy (non-hydrogen) atoms. The molecule has 5 heteroatoms. The van der Waals surface area contributed by atoms with Crippen LogP contribution < -0.4 is 16.0 Å². The summed E-state index contributed by atoms with van der Waals surface area (Å²) in [7, 11) is 0. The van der Waals surface area contributed by atoms with E-state index in [9.17, 15) is 9.59 Å². The van der Waals surface area contributed by atoms with Gasteiger partial charge in [0.25, 0.3) is 5.91 Å².